The van der Waals surface area contributed by atoms with Crippen LogP contribution in [0.25, 0.3) is 0 Å². The summed E-state index contributed by atoms with van der Waals surface area (Å²) in [6.45, 7) is 1.87. The van der Waals surface area contributed by atoms with Crippen molar-refractivity contribution in [3.63, 3.8) is 0 Å². The highest BCUT2D eigenvalue weighted by Gasteiger charge is 2.29. The highest BCUT2D eigenvalue weighted by atomic mass is 32.2. The molecule has 1 atom stereocenters. The zero-order valence-electron chi connectivity index (χ0n) is 5.22. The number of allylic oxidation sites excluding steroid dienone is 1. The molecule has 0 radical (unpaired) electrons. The standard InChI is InChI=1S/C6H8O2S/c1-2-5-3-6(7)9(8)4-5/h2H,3-4H2,1H3. The minimum atomic E-state index is -1.20. The Bertz CT molecular complexity index is 162. The second kappa shape index (κ2) is 2.54. The Morgan fingerprint density at radius 1 is 1.78 bits per heavy atom. The van der Waals surface area contributed by atoms with E-state index in [0.29, 0.717) is 12.2 Å². The van der Waals surface area contributed by atoms with Crippen LogP contribution in [-0.2, 0) is 16.0 Å². The minimum Gasteiger partial charge on any atom is -0.609 e. The molecule has 2 nitrogen and oxygen atoms in total. The Hall–Kier alpha value is -0.280. The molecule has 0 aromatic carbocycles. The van der Waals surface area contributed by atoms with Gasteiger partial charge in [-0.15, -0.1) is 0 Å². The van der Waals surface area contributed by atoms with Crippen LogP contribution in [0.4, 0.5) is 0 Å². The monoisotopic (exact) mass is 144 g/mol. The second-order valence-electron chi connectivity index (χ2n) is 1.99. The van der Waals surface area contributed by atoms with Gasteiger partial charge in [0, 0.05) is 11.2 Å². The summed E-state index contributed by atoms with van der Waals surface area (Å²) in [5.41, 5.74) is 1.01. The Kier molecular flexibility index (Phi) is 1.93. The maximum atomic E-state index is 10.7. The van der Waals surface area contributed by atoms with Crippen molar-refractivity contribution in [2.24, 2.45) is 0 Å². The summed E-state index contributed by atoms with van der Waals surface area (Å²) in [6.07, 6.45) is 2.27. The molecule has 1 unspecified atom stereocenters. The average molecular weight is 144 g/mol. The van der Waals surface area contributed by atoms with Crippen molar-refractivity contribution >= 4 is 16.3 Å². The SMILES string of the molecule is CC=C1CC(=O)[S+]([O-])C1. The zero-order valence-corrected chi connectivity index (χ0v) is 6.03. The van der Waals surface area contributed by atoms with Crippen LogP contribution in [0.5, 0.6) is 0 Å². The van der Waals surface area contributed by atoms with Crippen LogP contribution in [0.15, 0.2) is 11.6 Å². The van der Waals surface area contributed by atoms with E-state index < -0.39 is 11.2 Å². The van der Waals surface area contributed by atoms with Crippen molar-refractivity contribution < 1.29 is 9.35 Å². The van der Waals surface area contributed by atoms with E-state index >= 15 is 0 Å². The summed E-state index contributed by atoms with van der Waals surface area (Å²) in [6, 6.07) is 0. The Labute approximate surface area is 57.1 Å². The van der Waals surface area contributed by atoms with Gasteiger partial charge in [0.2, 0.25) is 0 Å². The van der Waals surface area contributed by atoms with Crippen LogP contribution in [0.1, 0.15) is 13.3 Å². The number of rotatable bonds is 0. The van der Waals surface area contributed by atoms with Gasteiger partial charge in [-0.1, -0.05) is 6.08 Å². The molecule has 1 aliphatic heterocycles. The highest BCUT2D eigenvalue weighted by molar-refractivity contribution is 8.06. The van der Waals surface area contributed by atoms with Crippen molar-refractivity contribution in [3.8, 4) is 0 Å². The average Bonchev–Trinajstić information content (AvgIpc) is 2.13. The molecule has 1 heterocycles. The second-order valence-corrected chi connectivity index (χ2v) is 3.42. The normalized spacial score (nSPS) is 32.0. The molecule has 0 spiro atoms. The van der Waals surface area contributed by atoms with Crippen LogP contribution < -0.4 is 0 Å². The van der Waals surface area contributed by atoms with Gasteiger partial charge in [0.15, 0.2) is 0 Å². The van der Waals surface area contributed by atoms with Crippen molar-refractivity contribution in [2.75, 3.05) is 5.75 Å². The van der Waals surface area contributed by atoms with Gasteiger partial charge >= 0.3 is 5.12 Å². The highest BCUT2D eigenvalue weighted by Crippen LogP contribution is 2.18. The first-order chi connectivity index (χ1) is 4.24. The molecule has 0 N–H and O–H groups in total. The van der Waals surface area contributed by atoms with E-state index in [-0.39, 0.29) is 5.12 Å². The maximum Gasteiger partial charge on any atom is 0.333 e. The lowest BCUT2D eigenvalue weighted by atomic mass is 10.2. The summed E-state index contributed by atoms with van der Waals surface area (Å²) >= 11 is -1.20. The summed E-state index contributed by atoms with van der Waals surface area (Å²) in [5.74, 6) is 0.468. The summed E-state index contributed by atoms with van der Waals surface area (Å²) in [5, 5.41) is -0.122. The number of carbonyl (C=O) groups excluding carboxylic acids is 1. The van der Waals surface area contributed by atoms with Crippen LogP contribution in [0.3, 0.4) is 0 Å². The maximum absolute atomic E-state index is 10.7. The van der Waals surface area contributed by atoms with Crippen molar-refractivity contribution in [1.82, 2.24) is 0 Å². The fraction of sp³-hybridized carbons (Fsp3) is 0.500. The van der Waals surface area contributed by atoms with Crippen molar-refractivity contribution in [1.29, 1.82) is 0 Å². The molecule has 0 aromatic rings. The molecule has 9 heavy (non-hydrogen) atoms. The van der Waals surface area contributed by atoms with E-state index in [1.54, 1.807) is 0 Å². The fourth-order valence-corrected chi connectivity index (χ4v) is 1.86. The Morgan fingerprint density at radius 3 is 2.67 bits per heavy atom. The largest absolute Gasteiger partial charge is 0.609 e. The predicted molar refractivity (Wildman–Crippen MR) is 36.4 cm³/mol. The molecule has 0 bridgehead atoms. The van der Waals surface area contributed by atoms with E-state index in [1.165, 1.54) is 0 Å². The first-order valence-corrected chi connectivity index (χ1v) is 4.11. The molecule has 0 aromatic heterocycles. The first-order valence-electron chi connectivity index (χ1n) is 2.79. The van der Waals surface area contributed by atoms with E-state index in [0.717, 1.165) is 5.57 Å². The molecule has 0 aliphatic carbocycles. The van der Waals surface area contributed by atoms with Crippen molar-refractivity contribution in [2.45, 2.75) is 13.3 Å². The molecular formula is C6H8O2S. The lowest BCUT2D eigenvalue weighted by molar-refractivity contribution is -0.110. The lowest BCUT2D eigenvalue weighted by Crippen LogP contribution is -2.06. The van der Waals surface area contributed by atoms with Gasteiger partial charge in [0.1, 0.15) is 5.75 Å². The third kappa shape index (κ3) is 1.34. The van der Waals surface area contributed by atoms with Crippen LogP contribution in [0.2, 0.25) is 0 Å². The molecule has 1 aliphatic rings. The molecular weight excluding hydrogens is 136 g/mol. The van der Waals surface area contributed by atoms with Gasteiger partial charge in [0.25, 0.3) is 0 Å². The quantitative estimate of drug-likeness (QED) is 0.369. The topological polar surface area (TPSA) is 40.1 Å². The van der Waals surface area contributed by atoms with Crippen LogP contribution in [-0.4, -0.2) is 15.4 Å². The molecule has 0 amide bonds. The molecule has 50 valence electrons. The number of carbonyl (C=O) groups is 1. The van der Waals surface area contributed by atoms with Gasteiger partial charge in [-0.3, -0.25) is 0 Å². The van der Waals surface area contributed by atoms with Crippen LogP contribution >= 0.6 is 0 Å². The summed E-state index contributed by atoms with van der Waals surface area (Å²) in [4.78, 5) is 10.6. The third-order valence-corrected chi connectivity index (χ3v) is 2.64. The minimum absolute atomic E-state index is 0.122. The molecule has 1 rings (SSSR count). The van der Waals surface area contributed by atoms with Crippen molar-refractivity contribution in [3.05, 3.63) is 11.6 Å². The van der Waals surface area contributed by atoms with Gasteiger partial charge < -0.3 is 4.55 Å². The summed E-state index contributed by atoms with van der Waals surface area (Å²) < 4.78 is 10.7. The van der Waals surface area contributed by atoms with Gasteiger partial charge in [-0.25, -0.2) is 4.79 Å². The smallest absolute Gasteiger partial charge is 0.333 e. The van der Waals surface area contributed by atoms with E-state index in [1.807, 2.05) is 13.0 Å². The molecule has 1 fully saturated rings. The molecule has 3 heteroatoms. The molecule has 0 saturated carbocycles. The van der Waals surface area contributed by atoms with Gasteiger partial charge in [0.05, 0.1) is 6.42 Å². The Morgan fingerprint density at radius 2 is 2.44 bits per heavy atom. The number of hydrogen-bond donors (Lipinski definition) is 0. The third-order valence-electron chi connectivity index (χ3n) is 1.35. The van der Waals surface area contributed by atoms with E-state index in [4.69, 9.17) is 0 Å². The fourth-order valence-electron chi connectivity index (χ4n) is 0.751. The van der Waals surface area contributed by atoms with Gasteiger partial charge in [-0.05, 0) is 12.5 Å². The lowest BCUT2D eigenvalue weighted by Gasteiger charge is -1.94. The van der Waals surface area contributed by atoms with E-state index in [9.17, 15) is 9.35 Å². The Balaban J connectivity index is 2.65. The first kappa shape index (κ1) is 6.83. The van der Waals surface area contributed by atoms with E-state index in [2.05, 4.69) is 0 Å². The number of hydrogen-bond acceptors (Lipinski definition) is 2. The summed E-state index contributed by atoms with van der Waals surface area (Å²) in [7, 11) is 0. The van der Waals surface area contributed by atoms with Gasteiger partial charge in [-0.2, -0.15) is 0 Å². The molecule has 1 saturated heterocycles. The predicted octanol–water partition coefficient (Wildman–Crippen LogP) is 0.612. The zero-order chi connectivity index (χ0) is 6.85. The van der Waals surface area contributed by atoms with Crippen LogP contribution in [0, 0.1) is 0 Å².